The Balaban J connectivity index is 0.000000159. The van der Waals surface area contributed by atoms with Gasteiger partial charge in [0, 0.05) is 98.0 Å². The predicted molar refractivity (Wildman–Crippen MR) is 297 cm³/mol. The highest BCUT2D eigenvalue weighted by Crippen LogP contribution is 2.42. The Morgan fingerprint density at radius 2 is 0.932 bits per heavy atom. The van der Waals surface area contributed by atoms with Crippen molar-refractivity contribution in [2.45, 2.75) is 89.5 Å². The van der Waals surface area contributed by atoms with Gasteiger partial charge in [0.15, 0.2) is 11.6 Å². The van der Waals surface area contributed by atoms with Crippen LogP contribution in [-0.2, 0) is 54.2 Å². The van der Waals surface area contributed by atoms with Gasteiger partial charge in [0.1, 0.15) is 33.7 Å². The fraction of sp³-hybridized carbons (Fsp3) is 0.259. The molecular weight excluding hydrogens is 1050 g/mol. The third-order valence-corrected chi connectivity index (χ3v) is 19.1. The van der Waals surface area contributed by atoms with E-state index in [4.69, 9.17) is 33.2 Å². The van der Waals surface area contributed by atoms with E-state index in [-0.39, 0.29) is 24.7 Å². The summed E-state index contributed by atoms with van der Waals surface area (Å²) in [4.78, 5) is 39.3. The van der Waals surface area contributed by atoms with Crippen LogP contribution in [-0.4, -0.2) is 61.2 Å². The maximum atomic E-state index is 13.3. The number of aryl methyl sites for hydroxylation is 4. The molecule has 376 valence electrons. The number of fused-ring (bicyclic) bond motifs is 8. The Morgan fingerprint density at radius 1 is 0.554 bits per heavy atom. The molecule has 0 aliphatic carbocycles. The molecule has 12 rings (SSSR count). The van der Waals surface area contributed by atoms with Crippen LogP contribution in [0.2, 0.25) is 10.0 Å². The summed E-state index contributed by atoms with van der Waals surface area (Å²) in [5.41, 5.74) is 13.5. The first kappa shape index (κ1) is 49.9. The van der Waals surface area contributed by atoms with Crippen molar-refractivity contribution in [3.05, 3.63) is 184 Å². The number of aromatic nitrogens is 6. The fourth-order valence-electron chi connectivity index (χ4n) is 9.79. The average molecular weight is 1100 g/mol. The van der Waals surface area contributed by atoms with Crippen LogP contribution in [0, 0.1) is 41.5 Å². The van der Waals surface area contributed by atoms with Crippen molar-refractivity contribution < 1.29 is 18.0 Å². The van der Waals surface area contributed by atoms with E-state index in [1.807, 2.05) is 108 Å². The van der Waals surface area contributed by atoms with Gasteiger partial charge in [-0.2, -0.15) is 0 Å². The van der Waals surface area contributed by atoms with Gasteiger partial charge < -0.3 is 10.6 Å². The molecule has 4 aliphatic heterocycles. The summed E-state index contributed by atoms with van der Waals surface area (Å²) in [7, 11) is -1.74. The molecule has 20 heteroatoms. The van der Waals surface area contributed by atoms with Crippen LogP contribution in [0.5, 0.6) is 0 Å². The van der Waals surface area contributed by atoms with Crippen LogP contribution < -0.4 is 10.6 Å². The summed E-state index contributed by atoms with van der Waals surface area (Å²) < 4.78 is 27.9. The largest absolute Gasteiger partial charge is 0.326 e. The fourth-order valence-corrected chi connectivity index (χ4v) is 15.2. The molecule has 4 aromatic heterocycles. The van der Waals surface area contributed by atoms with E-state index in [0.717, 1.165) is 88.7 Å². The van der Waals surface area contributed by atoms with Crippen LogP contribution in [0.4, 0.5) is 11.4 Å². The molecule has 0 bridgehead atoms. The smallest absolute Gasteiger partial charge is 0.227 e. The van der Waals surface area contributed by atoms with E-state index in [0.29, 0.717) is 56.1 Å². The van der Waals surface area contributed by atoms with Crippen molar-refractivity contribution in [3.63, 3.8) is 0 Å². The van der Waals surface area contributed by atoms with E-state index in [1.54, 1.807) is 22.7 Å². The molecule has 4 aliphatic rings. The topological polar surface area (TPSA) is 178 Å². The molecule has 2 N–H and O–H groups in total. The maximum Gasteiger partial charge on any atom is 0.227 e. The van der Waals surface area contributed by atoms with E-state index in [2.05, 4.69) is 58.7 Å². The van der Waals surface area contributed by atoms with Crippen molar-refractivity contribution >= 4 is 102 Å². The zero-order valence-corrected chi connectivity index (χ0v) is 45.9. The molecular formula is C54H48Cl2N10O4S4. The van der Waals surface area contributed by atoms with Crippen LogP contribution in [0.15, 0.2) is 94.9 Å². The minimum atomic E-state index is -0.869. The van der Waals surface area contributed by atoms with Crippen LogP contribution in [0.1, 0.15) is 114 Å². The summed E-state index contributed by atoms with van der Waals surface area (Å²) in [5.74, 6) is 4.65. The van der Waals surface area contributed by atoms with E-state index in [9.17, 15) is 18.0 Å². The van der Waals surface area contributed by atoms with Gasteiger partial charge in [0.05, 0.1) is 24.3 Å². The maximum absolute atomic E-state index is 13.3. The third kappa shape index (κ3) is 9.56. The van der Waals surface area contributed by atoms with Crippen molar-refractivity contribution in [1.82, 2.24) is 29.5 Å². The number of carbonyl (C=O) groups excluding carboxylic acids is 2. The quantitative estimate of drug-likeness (QED) is 0.151. The number of nitrogens with zero attached hydrogens (tertiary/aromatic N) is 8. The molecule has 0 saturated carbocycles. The van der Waals surface area contributed by atoms with Gasteiger partial charge in [-0.25, -0.2) is 0 Å². The molecule has 8 aromatic rings. The number of halogens is 2. The summed E-state index contributed by atoms with van der Waals surface area (Å²) in [6, 6.07) is 25.7. The standard InChI is InChI=1S/2C27H24ClN5O2S2/c2*1-14-15(2)36-27-24(14)25(17-4-7-20(28)8-5-17)30-22(26-32-31-16(3)33(26)27)11-23(34)29-21-9-6-18-12-37(35)13-19(18)10-21/h2*4-10,22H,11-13H2,1-3H3,(H,29,34)/t22-,37+;22-,37-/m00/s1. The molecule has 4 atom stereocenters. The first-order valence-corrected chi connectivity index (χ1v) is 29.2. The first-order chi connectivity index (χ1) is 35.6. The molecule has 74 heavy (non-hydrogen) atoms. The lowest BCUT2D eigenvalue weighted by atomic mass is 9.99. The first-order valence-electron chi connectivity index (χ1n) is 23.8. The van der Waals surface area contributed by atoms with Gasteiger partial charge >= 0.3 is 0 Å². The van der Waals surface area contributed by atoms with Gasteiger partial charge in [-0.3, -0.25) is 37.1 Å². The normalized spacial score (nSPS) is 18.0. The zero-order chi connectivity index (χ0) is 51.7. The number of hydrogen-bond acceptors (Lipinski definition) is 12. The highest BCUT2D eigenvalue weighted by atomic mass is 35.5. The molecule has 8 heterocycles. The molecule has 0 saturated heterocycles. The second-order valence-electron chi connectivity index (χ2n) is 18.7. The third-order valence-electron chi connectivity index (χ3n) is 13.7. The van der Waals surface area contributed by atoms with Crippen LogP contribution in [0.3, 0.4) is 0 Å². The minimum absolute atomic E-state index is 0.102. The van der Waals surface area contributed by atoms with E-state index in [1.165, 1.54) is 9.75 Å². The van der Waals surface area contributed by atoms with E-state index < -0.39 is 33.7 Å². The minimum Gasteiger partial charge on any atom is -0.326 e. The highest BCUT2D eigenvalue weighted by molar-refractivity contribution is 7.84. The number of rotatable bonds is 8. The average Bonchev–Trinajstić information content (AvgIpc) is 4.20. The number of aliphatic imine (C=N–C) groups is 2. The van der Waals surface area contributed by atoms with Crippen molar-refractivity contribution in [1.29, 1.82) is 0 Å². The van der Waals surface area contributed by atoms with Gasteiger partial charge in [0.2, 0.25) is 11.8 Å². The second kappa shape index (κ2) is 20.1. The number of benzene rings is 4. The predicted octanol–water partition coefficient (Wildman–Crippen LogP) is 11.2. The van der Waals surface area contributed by atoms with Gasteiger partial charge in [-0.1, -0.05) is 59.6 Å². The van der Waals surface area contributed by atoms with Crippen molar-refractivity contribution in [2.75, 3.05) is 10.6 Å². The molecule has 0 unspecified atom stereocenters. The number of thiophene rings is 2. The Hall–Kier alpha value is -6.28. The molecule has 0 fully saturated rings. The van der Waals surface area contributed by atoms with Crippen molar-refractivity contribution in [3.8, 4) is 10.0 Å². The second-order valence-corrected chi connectivity index (χ2v) is 24.9. The number of hydrogen-bond donors (Lipinski definition) is 2. The number of anilines is 2. The molecule has 4 aromatic carbocycles. The molecule has 0 radical (unpaired) electrons. The summed E-state index contributed by atoms with van der Waals surface area (Å²) in [6.45, 7) is 12.2. The Kier molecular flexibility index (Phi) is 13.6. The van der Waals surface area contributed by atoms with Crippen LogP contribution >= 0.6 is 45.9 Å². The number of amides is 2. The summed E-state index contributed by atoms with van der Waals surface area (Å²) in [5, 5.41) is 27.0. The SMILES string of the molecule is Cc1sc2c(c1C)C(c1ccc(Cl)cc1)=N[C@@H](CC(=O)Nc1ccc3c(c1)C[S@@](=O)C3)c1nnc(C)n1-2.Cc1sc2c(c1C)C(c1ccc(Cl)cc1)=N[C@@H](CC(=O)Nc1ccc3c(c1)C[S@](=O)C3)c1nnc(C)n1-2. The van der Waals surface area contributed by atoms with E-state index >= 15 is 0 Å². The lowest BCUT2D eigenvalue weighted by Gasteiger charge is -2.13. The lowest BCUT2D eigenvalue weighted by molar-refractivity contribution is -0.117. The zero-order valence-electron chi connectivity index (χ0n) is 41.1. The Labute approximate surface area is 450 Å². The highest BCUT2D eigenvalue weighted by Gasteiger charge is 2.35. The van der Waals surface area contributed by atoms with Crippen LogP contribution in [0.25, 0.3) is 10.0 Å². The van der Waals surface area contributed by atoms with Gasteiger partial charge in [0.25, 0.3) is 0 Å². The monoisotopic (exact) mass is 1100 g/mol. The van der Waals surface area contributed by atoms with Gasteiger partial charge in [-0.15, -0.1) is 43.1 Å². The number of nitrogens with one attached hydrogen (secondary N) is 2. The Bertz CT molecular complexity index is 3480. The molecule has 14 nitrogen and oxygen atoms in total. The molecule has 2 amide bonds. The lowest BCUT2D eigenvalue weighted by Crippen LogP contribution is -2.17. The summed E-state index contributed by atoms with van der Waals surface area (Å²) >= 11 is 15.7. The number of carbonyl (C=O) groups is 2. The summed E-state index contributed by atoms with van der Waals surface area (Å²) in [6.07, 6.45) is 0.205. The Morgan fingerprint density at radius 3 is 1.32 bits per heavy atom. The van der Waals surface area contributed by atoms with Gasteiger partial charge in [-0.05, 0) is 123 Å². The molecule has 0 spiro atoms. The van der Waals surface area contributed by atoms with Crippen molar-refractivity contribution in [2.24, 2.45) is 9.98 Å².